The third-order valence-corrected chi connectivity index (χ3v) is 5.25. The van der Waals surface area contributed by atoms with Crippen molar-refractivity contribution in [3.63, 3.8) is 0 Å². The van der Waals surface area contributed by atoms with Gasteiger partial charge in [0.05, 0.1) is 25.3 Å². The van der Waals surface area contributed by atoms with Crippen molar-refractivity contribution in [1.29, 1.82) is 0 Å². The zero-order chi connectivity index (χ0) is 18.8. The molecule has 0 saturated carbocycles. The Balaban J connectivity index is 1.30. The van der Waals surface area contributed by atoms with Crippen LogP contribution in [0, 0.1) is 0 Å². The van der Waals surface area contributed by atoms with Crippen LogP contribution in [0.25, 0.3) is 11.4 Å². The number of thiophene rings is 1. The number of halogens is 1. The number of anilines is 1. The van der Waals surface area contributed by atoms with Gasteiger partial charge in [-0.3, -0.25) is 9.69 Å². The molecular formula is C18H17ClN4O3S. The van der Waals surface area contributed by atoms with Gasteiger partial charge >= 0.3 is 0 Å². The van der Waals surface area contributed by atoms with Gasteiger partial charge in [0.1, 0.15) is 5.75 Å². The van der Waals surface area contributed by atoms with Crippen LogP contribution in [-0.4, -0.2) is 47.7 Å². The number of aromatic nitrogens is 2. The number of hydrogen-bond acceptors (Lipinski definition) is 7. The lowest BCUT2D eigenvalue weighted by atomic mass is 10.0. The zero-order valence-corrected chi connectivity index (χ0v) is 16.1. The van der Waals surface area contributed by atoms with E-state index in [1.165, 1.54) is 0 Å². The Morgan fingerprint density at radius 3 is 3.04 bits per heavy atom. The summed E-state index contributed by atoms with van der Waals surface area (Å²) >= 11 is 7.58. The third kappa shape index (κ3) is 3.97. The van der Waals surface area contributed by atoms with Crippen LogP contribution in [0.4, 0.5) is 5.69 Å². The predicted octanol–water partition coefficient (Wildman–Crippen LogP) is 3.50. The van der Waals surface area contributed by atoms with E-state index in [0.29, 0.717) is 41.3 Å². The number of rotatable bonds is 6. The Morgan fingerprint density at radius 1 is 1.44 bits per heavy atom. The number of benzene rings is 1. The molecule has 1 saturated heterocycles. The van der Waals surface area contributed by atoms with Crippen molar-refractivity contribution in [2.75, 3.05) is 32.1 Å². The van der Waals surface area contributed by atoms with E-state index < -0.39 is 0 Å². The Morgan fingerprint density at radius 2 is 2.30 bits per heavy atom. The summed E-state index contributed by atoms with van der Waals surface area (Å²) in [5.41, 5.74) is 1.52. The van der Waals surface area contributed by atoms with Crippen LogP contribution in [0.15, 0.2) is 39.5 Å². The summed E-state index contributed by atoms with van der Waals surface area (Å²) in [6, 6.07) is 7.06. The van der Waals surface area contributed by atoms with Crippen LogP contribution < -0.4 is 10.1 Å². The smallest absolute Gasteiger partial charge is 0.238 e. The molecule has 1 aromatic carbocycles. The molecule has 3 heterocycles. The first-order chi connectivity index (χ1) is 13.1. The van der Waals surface area contributed by atoms with Crippen molar-refractivity contribution >= 4 is 34.5 Å². The normalized spacial score (nSPS) is 14.7. The Hall–Kier alpha value is -2.42. The maximum atomic E-state index is 12.3. The summed E-state index contributed by atoms with van der Waals surface area (Å²) < 4.78 is 10.6. The van der Waals surface area contributed by atoms with E-state index >= 15 is 0 Å². The van der Waals surface area contributed by atoms with Crippen molar-refractivity contribution in [2.24, 2.45) is 0 Å². The van der Waals surface area contributed by atoms with Gasteiger partial charge in [-0.1, -0.05) is 16.8 Å². The molecule has 0 radical (unpaired) electrons. The van der Waals surface area contributed by atoms with Gasteiger partial charge in [0.2, 0.25) is 17.6 Å². The number of likely N-dealkylation sites (tertiary alicyclic amines) is 1. The molecule has 0 aliphatic carbocycles. The first kappa shape index (κ1) is 18.0. The molecule has 1 aliphatic heterocycles. The van der Waals surface area contributed by atoms with E-state index in [2.05, 4.69) is 15.5 Å². The van der Waals surface area contributed by atoms with Gasteiger partial charge in [0.15, 0.2) is 0 Å². The van der Waals surface area contributed by atoms with Gasteiger partial charge in [-0.2, -0.15) is 16.3 Å². The van der Waals surface area contributed by atoms with Crippen LogP contribution in [0.3, 0.4) is 0 Å². The maximum Gasteiger partial charge on any atom is 0.238 e. The van der Waals surface area contributed by atoms with Crippen LogP contribution in [0.1, 0.15) is 11.8 Å². The van der Waals surface area contributed by atoms with Crippen molar-refractivity contribution in [2.45, 2.75) is 5.92 Å². The lowest BCUT2D eigenvalue weighted by Gasteiger charge is -2.36. The molecule has 1 N–H and O–H groups in total. The Kier molecular flexibility index (Phi) is 5.11. The molecule has 1 amide bonds. The first-order valence-corrected chi connectivity index (χ1v) is 9.66. The number of methoxy groups -OCH3 is 1. The van der Waals surface area contributed by atoms with Crippen LogP contribution in [0.5, 0.6) is 5.75 Å². The number of carbonyl (C=O) groups is 1. The van der Waals surface area contributed by atoms with Gasteiger partial charge in [0.25, 0.3) is 0 Å². The largest absolute Gasteiger partial charge is 0.495 e. The lowest BCUT2D eigenvalue weighted by Crippen LogP contribution is -2.48. The average molecular weight is 405 g/mol. The van der Waals surface area contributed by atoms with Gasteiger partial charge < -0.3 is 14.6 Å². The second-order valence-corrected chi connectivity index (χ2v) is 7.47. The van der Waals surface area contributed by atoms with Crippen molar-refractivity contribution in [1.82, 2.24) is 15.0 Å². The summed E-state index contributed by atoms with van der Waals surface area (Å²) in [6.07, 6.45) is 0. The van der Waals surface area contributed by atoms with Crippen molar-refractivity contribution in [3.05, 3.63) is 45.9 Å². The summed E-state index contributed by atoms with van der Waals surface area (Å²) in [7, 11) is 1.55. The molecule has 1 aliphatic rings. The van der Waals surface area contributed by atoms with E-state index in [1.54, 1.807) is 36.6 Å². The van der Waals surface area contributed by atoms with Crippen molar-refractivity contribution in [3.8, 4) is 17.1 Å². The fraction of sp³-hybridized carbons (Fsp3) is 0.278. The molecule has 9 heteroatoms. The molecule has 0 unspecified atom stereocenters. The lowest BCUT2D eigenvalue weighted by molar-refractivity contribution is -0.118. The van der Waals surface area contributed by atoms with Crippen LogP contribution in [-0.2, 0) is 4.79 Å². The van der Waals surface area contributed by atoms with Crippen LogP contribution >= 0.6 is 22.9 Å². The highest BCUT2D eigenvalue weighted by atomic mass is 35.5. The SMILES string of the molecule is COc1ccc(Cl)cc1NC(=O)CN1CC(c2nc(-c3ccsc3)no2)C1. The number of amides is 1. The van der Waals surface area contributed by atoms with Crippen LogP contribution in [0.2, 0.25) is 5.02 Å². The molecule has 0 bridgehead atoms. The minimum Gasteiger partial charge on any atom is -0.495 e. The summed E-state index contributed by atoms with van der Waals surface area (Å²) in [6.45, 7) is 1.68. The molecule has 140 valence electrons. The minimum atomic E-state index is -0.126. The summed E-state index contributed by atoms with van der Waals surface area (Å²) in [4.78, 5) is 18.8. The second kappa shape index (κ2) is 7.67. The molecule has 2 aromatic heterocycles. The highest BCUT2D eigenvalue weighted by Gasteiger charge is 2.33. The monoisotopic (exact) mass is 404 g/mol. The zero-order valence-electron chi connectivity index (χ0n) is 14.5. The molecule has 7 nitrogen and oxygen atoms in total. The molecule has 27 heavy (non-hydrogen) atoms. The predicted molar refractivity (Wildman–Crippen MR) is 103 cm³/mol. The third-order valence-electron chi connectivity index (χ3n) is 4.33. The Bertz CT molecular complexity index is 938. The summed E-state index contributed by atoms with van der Waals surface area (Å²) in [5, 5.41) is 11.4. The minimum absolute atomic E-state index is 0.126. The fourth-order valence-corrected chi connectivity index (χ4v) is 3.74. The quantitative estimate of drug-likeness (QED) is 0.677. The molecular weight excluding hydrogens is 388 g/mol. The second-order valence-electron chi connectivity index (χ2n) is 6.25. The highest BCUT2D eigenvalue weighted by Crippen LogP contribution is 2.29. The average Bonchev–Trinajstić information content (AvgIpc) is 3.29. The van der Waals surface area contributed by atoms with Gasteiger partial charge in [-0.05, 0) is 29.6 Å². The maximum absolute atomic E-state index is 12.3. The van der Waals surface area contributed by atoms with E-state index in [1.807, 2.05) is 21.7 Å². The number of nitrogens with zero attached hydrogens (tertiary/aromatic N) is 3. The van der Waals surface area contributed by atoms with E-state index in [4.69, 9.17) is 20.9 Å². The number of carbonyl (C=O) groups excluding carboxylic acids is 1. The van der Waals surface area contributed by atoms with Gasteiger partial charge in [-0.25, -0.2) is 0 Å². The first-order valence-electron chi connectivity index (χ1n) is 8.34. The van der Waals surface area contributed by atoms with Gasteiger partial charge in [-0.15, -0.1) is 0 Å². The standard InChI is InChI=1S/C18H17ClN4O3S/c1-25-15-3-2-13(19)6-14(15)20-16(24)9-23-7-12(8-23)18-21-17(22-26-18)11-4-5-27-10-11/h2-6,10,12H,7-9H2,1H3,(H,20,24). The number of nitrogens with one attached hydrogen (secondary N) is 1. The van der Waals surface area contributed by atoms with E-state index in [-0.39, 0.29) is 18.4 Å². The molecule has 1 fully saturated rings. The number of hydrogen-bond donors (Lipinski definition) is 1. The highest BCUT2D eigenvalue weighted by molar-refractivity contribution is 7.08. The topological polar surface area (TPSA) is 80.5 Å². The molecule has 4 rings (SSSR count). The fourth-order valence-electron chi connectivity index (χ4n) is 2.94. The Labute approximate surface area is 164 Å². The molecule has 0 atom stereocenters. The number of ether oxygens (including phenoxy) is 1. The molecule has 0 spiro atoms. The summed E-state index contributed by atoms with van der Waals surface area (Å²) in [5.74, 6) is 1.82. The molecule has 3 aromatic rings. The van der Waals surface area contributed by atoms with Gasteiger partial charge in [0, 0.05) is 29.1 Å². The van der Waals surface area contributed by atoms with E-state index in [0.717, 1.165) is 5.56 Å². The van der Waals surface area contributed by atoms with Crippen molar-refractivity contribution < 1.29 is 14.1 Å². The van der Waals surface area contributed by atoms with E-state index in [9.17, 15) is 4.79 Å².